The van der Waals surface area contributed by atoms with Crippen LogP contribution in [-0.4, -0.2) is 66.4 Å². The first-order valence-corrected chi connectivity index (χ1v) is 9.52. The molecule has 0 spiro atoms. The van der Waals surface area contributed by atoms with Crippen molar-refractivity contribution in [3.8, 4) is 0 Å². The van der Waals surface area contributed by atoms with Gasteiger partial charge in [-0.25, -0.2) is 0 Å². The Morgan fingerprint density at radius 3 is 2.66 bits per heavy atom. The summed E-state index contributed by atoms with van der Waals surface area (Å²) in [4.78, 5) is 21.2. The van der Waals surface area contributed by atoms with Crippen molar-refractivity contribution in [1.29, 1.82) is 0 Å². The van der Waals surface area contributed by atoms with Crippen LogP contribution in [0.3, 0.4) is 0 Å². The number of carbonyl (C=O) groups is 1. The highest BCUT2D eigenvalue weighted by Gasteiger charge is 2.27. The van der Waals surface area contributed by atoms with Crippen molar-refractivity contribution in [1.82, 2.24) is 20.0 Å². The van der Waals surface area contributed by atoms with Gasteiger partial charge >= 0.3 is 0 Å². The lowest BCUT2D eigenvalue weighted by Crippen LogP contribution is -2.55. The summed E-state index contributed by atoms with van der Waals surface area (Å²) < 4.78 is 7.32. The highest BCUT2D eigenvalue weighted by molar-refractivity contribution is 14.0. The number of aliphatic imine (C=N–C) groups is 1. The monoisotopic (exact) mass is 512 g/mol. The topological polar surface area (TPSA) is 75.0 Å². The Morgan fingerprint density at radius 1 is 1.31 bits per heavy atom. The molecule has 158 valence electrons. The number of hydrogen-bond acceptors (Lipinski definition) is 4. The molecule has 1 atom stereocenters. The second kappa shape index (κ2) is 11.1. The highest BCUT2D eigenvalue weighted by Crippen LogP contribution is 2.18. The van der Waals surface area contributed by atoms with Gasteiger partial charge < -0.3 is 19.9 Å². The standard InChI is InChI=1S/C20H28N6O2.HI/c1-4-21-20(22-13-18(28-3)16-8-6-5-7-9-16)25-10-11-26(19(27)15-25)17-12-23-24(2)14-17;/h5-9,12,14,18H,4,10-11,13,15H2,1-3H3,(H,21,22);1H. The molecule has 0 aliphatic carbocycles. The van der Waals surface area contributed by atoms with Crippen LogP contribution in [0.4, 0.5) is 5.69 Å². The van der Waals surface area contributed by atoms with E-state index in [0.29, 0.717) is 19.6 Å². The van der Waals surface area contributed by atoms with Gasteiger partial charge in [0.1, 0.15) is 12.6 Å². The normalized spacial score (nSPS) is 15.8. The number of nitrogens with one attached hydrogen (secondary N) is 1. The molecule has 1 aliphatic rings. The number of aryl methyl sites for hydroxylation is 1. The lowest BCUT2D eigenvalue weighted by Gasteiger charge is -2.35. The Balaban J connectivity index is 0.00000300. The third-order valence-corrected chi connectivity index (χ3v) is 4.72. The molecule has 1 N–H and O–H groups in total. The van der Waals surface area contributed by atoms with E-state index in [4.69, 9.17) is 9.73 Å². The van der Waals surface area contributed by atoms with Crippen LogP contribution in [0.1, 0.15) is 18.6 Å². The highest BCUT2D eigenvalue weighted by atomic mass is 127. The second-order valence-electron chi connectivity index (χ2n) is 6.67. The number of piperazine rings is 1. The van der Waals surface area contributed by atoms with Gasteiger partial charge in [0.15, 0.2) is 5.96 Å². The minimum absolute atomic E-state index is 0. The molecule has 29 heavy (non-hydrogen) atoms. The number of guanidine groups is 1. The van der Waals surface area contributed by atoms with Gasteiger partial charge in [0.25, 0.3) is 0 Å². The fourth-order valence-electron chi connectivity index (χ4n) is 3.25. The number of benzene rings is 1. The number of ether oxygens (including phenoxy) is 1. The molecule has 2 heterocycles. The molecular weight excluding hydrogens is 483 g/mol. The molecule has 1 aliphatic heterocycles. The summed E-state index contributed by atoms with van der Waals surface area (Å²) in [5.41, 5.74) is 1.92. The SMILES string of the molecule is CCNC(=NCC(OC)c1ccccc1)N1CCN(c2cnn(C)c2)C(=O)C1.I. The molecule has 1 aromatic carbocycles. The number of halogens is 1. The van der Waals surface area contributed by atoms with Crippen LogP contribution in [0, 0.1) is 0 Å². The zero-order valence-corrected chi connectivity index (χ0v) is 19.4. The third-order valence-electron chi connectivity index (χ3n) is 4.72. The fourth-order valence-corrected chi connectivity index (χ4v) is 3.25. The van der Waals surface area contributed by atoms with Gasteiger partial charge in [0.2, 0.25) is 5.91 Å². The van der Waals surface area contributed by atoms with Crippen LogP contribution < -0.4 is 10.2 Å². The predicted octanol–water partition coefficient (Wildman–Crippen LogP) is 2.04. The van der Waals surface area contributed by atoms with Crippen LogP contribution in [0.2, 0.25) is 0 Å². The number of anilines is 1. The van der Waals surface area contributed by atoms with Crippen LogP contribution in [0.5, 0.6) is 0 Å². The molecule has 1 saturated heterocycles. The van der Waals surface area contributed by atoms with E-state index in [1.807, 2.05) is 55.4 Å². The molecule has 0 saturated carbocycles. The van der Waals surface area contributed by atoms with Crippen molar-refractivity contribution in [2.24, 2.45) is 12.0 Å². The van der Waals surface area contributed by atoms with Crippen LogP contribution in [0.15, 0.2) is 47.7 Å². The summed E-state index contributed by atoms with van der Waals surface area (Å²) in [6.07, 6.45) is 3.45. The molecule has 1 unspecified atom stereocenters. The van der Waals surface area contributed by atoms with E-state index in [-0.39, 0.29) is 42.5 Å². The largest absolute Gasteiger partial charge is 0.375 e. The second-order valence-corrected chi connectivity index (χ2v) is 6.67. The lowest BCUT2D eigenvalue weighted by atomic mass is 10.1. The average Bonchev–Trinajstić information content (AvgIpc) is 3.14. The van der Waals surface area contributed by atoms with Crippen molar-refractivity contribution in [2.45, 2.75) is 13.0 Å². The van der Waals surface area contributed by atoms with Gasteiger partial charge in [-0.1, -0.05) is 30.3 Å². The van der Waals surface area contributed by atoms with Crippen LogP contribution in [-0.2, 0) is 16.6 Å². The van der Waals surface area contributed by atoms with E-state index in [1.54, 1.807) is 22.9 Å². The van der Waals surface area contributed by atoms with E-state index in [1.165, 1.54) is 0 Å². The van der Waals surface area contributed by atoms with E-state index in [2.05, 4.69) is 10.4 Å². The van der Waals surface area contributed by atoms with Gasteiger partial charge in [-0.3, -0.25) is 14.5 Å². The summed E-state index contributed by atoms with van der Waals surface area (Å²) in [7, 11) is 3.54. The first-order chi connectivity index (χ1) is 13.6. The van der Waals surface area contributed by atoms with Gasteiger partial charge in [0, 0.05) is 40.0 Å². The van der Waals surface area contributed by atoms with Crippen molar-refractivity contribution in [2.75, 3.05) is 44.7 Å². The van der Waals surface area contributed by atoms with Gasteiger partial charge in [-0.2, -0.15) is 5.10 Å². The third kappa shape index (κ3) is 5.92. The van der Waals surface area contributed by atoms with Crippen molar-refractivity contribution in [3.05, 3.63) is 48.3 Å². The van der Waals surface area contributed by atoms with Crippen molar-refractivity contribution in [3.63, 3.8) is 0 Å². The summed E-state index contributed by atoms with van der Waals surface area (Å²) in [6, 6.07) is 10.0. The van der Waals surface area contributed by atoms with E-state index >= 15 is 0 Å². The minimum Gasteiger partial charge on any atom is -0.375 e. The summed E-state index contributed by atoms with van der Waals surface area (Å²) in [6.45, 7) is 4.83. The zero-order valence-electron chi connectivity index (χ0n) is 17.1. The van der Waals surface area contributed by atoms with Gasteiger partial charge in [0.05, 0.1) is 18.4 Å². The molecule has 1 fully saturated rings. The van der Waals surface area contributed by atoms with E-state index in [0.717, 1.165) is 23.8 Å². The Bertz CT molecular complexity index is 810. The Morgan fingerprint density at radius 2 is 2.07 bits per heavy atom. The number of carbonyl (C=O) groups excluding carboxylic acids is 1. The maximum atomic E-state index is 12.7. The summed E-state index contributed by atoms with van der Waals surface area (Å²) in [5, 5.41) is 7.45. The Labute approximate surface area is 188 Å². The summed E-state index contributed by atoms with van der Waals surface area (Å²) >= 11 is 0. The number of aromatic nitrogens is 2. The molecule has 9 heteroatoms. The maximum Gasteiger partial charge on any atom is 0.246 e. The molecule has 3 rings (SSSR count). The number of rotatable bonds is 6. The molecule has 1 amide bonds. The molecule has 1 aromatic heterocycles. The molecule has 0 bridgehead atoms. The zero-order chi connectivity index (χ0) is 19.9. The minimum atomic E-state index is -0.123. The Kier molecular flexibility index (Phi) is 8.90. The first kappa shape index (κ1) is 23.1. The van der Waals surface area contributed by atoms with Crippen molar-refractivity contribution < 1.29 is 9.53 Å². The maximum absolute atomic E-state index is 12.7. The van der Waals surface area contributed by atoms with Crippen LogP contribution in [0.25, 0.3) is 0 Å². The average molecular weight is 512 g/mol. The lowest BCUT2D eigenvalue weighted by molar-refractivity contribution is -0.120. The van der Waals surface area contributed by atoms with E-state index < -0.39 is 0 Å². The molecule has 2 aromatic rings. The number of methoxy groups -OCH3 is 1. The molecule has 0 radical (unpaired) electrons. The van der Waals surface area contributed by atoms with Gasteiger partial charge in [-0.15, -0.1) is 24.0 Å². The predicted molar refractivity (Wildman–Crippen MR) is 125 cm³/mol. The number of hydrogen-bond donors (Lipinski definition) is 1. The quantitative estimate of drug-likeness (QED) is 0.365. The van der Waals surface area contributed by atoms with E-state index in [9.17, 15) is 4.79 Å². The Hall–Kier alpha value is -2.14. The molecular formula is C20H29IN6O2. The number of amides is 1. The summed E-state index contributed by atoms with van der Waals surface area (Å²) in [5.74, 6) is 0.774. The van der Waals surface area contributed by atoms with Crippen LogP contribution >= 0.6 is 24.0 Å². The van der Waals surface area contributed by atoms with Gasteiger partial charge in [-0.05, 0) is 12.5 Å². The smallest absolute Gasteiger partial charge is 0.246 e. The number of nitrogens with zero attached hydrogens (tertiary/aromatic N) is 5. The fraction of sp³-hybridized carbons (Fsp3) is 0.450. The van der Waals surface area contributed by atoms with Crippen molar-refractivity contribution >= 4 is 41.5 Å². The molecule has 8 nitrogen and oxygen atoms in total. The first-order valence-electron chi connectivity index (χ1n) is 9.52.